The molecular formula is C20H42O4Si. The van der Waals surface area contributed by atoms with Gasteiger partial charge in [-0.15, -0.1) is 0 Å². The topological polar surface area (TPSA) is 47.9 Å². The van der Waals surface area contributed by atoms with Crippen molar-refractivity contribution in [3.63, 3.8) is 0 Å². The van der Waals surface area contributed by atoms with Crippen LogP contribution in [0, 0.1) is 0 Å². The monoisotopic (exact) mass is 374 g/mol. The zero-order chi connectivity index (χ0) is 19.0. The molecule has 0 aliphatic heterocycles. The van der Waals surface area contributed by atoms with Gasteiger partial charge in [0.1, 0.15) is 0 Å². The van der Waals surface area contributed by atoms with Crippen LogP contribution in [0.25, 0.3) is 0 Å². The fourth-order valence-electron chi connectivity index (χ4n) is 3.00. The maximum atomic E-state index is 10.5. The summed E-state index contributed by atoms with van der Waals surface area (Å²) in [5, 5.41) is 11.1. The molecule has 0 radical (unpaired) electrons. The second-order valence-electron chi connectivity index (χ2n) is 6.51. The van der Waals surface area contributed by atoms with E-state index < -0.39 is 14.9 Å². The number of hydrogen-bond donors (Lipinski definition) is 1. The third-order valence-electron chi connectivity index (χ3n) is 4.38. The van der Waals surface area contributed by atoms with Crippen molar-refractivity contribution < 1.29 is 18.4 Å². The predicted octanol–water partition coefficient (Wildman–Crippen LogP) is 5.41. The van der Waals surface area contributed by atoms with Crippen molar-refractivity contribution in [3.8, 4) is 0 Å². The van der Waals surface area contributed by atoms with E-state index in [4.69, 9.17) is 13.3 Å². The normalized spacial score (nSPS) is 13.2. The Balaban J connectivity index is 4.16. The molecular weight excluding hydrogens is 332 g/mol. The van der Waals surface area contributed by atoms with Crippen molar-refractivity contribution >= 4 is 8.80 Å². The van der Waals surface area contributed by atoms with Gasteiger partial charge in [0.05, 0.1) is 6.10 Å². The van der Waals surface area contributed by atoms with E-state index in [2.05, 4.69) is 13.5 Å². The van der Waals surface area contributed by atoms with Crippen molar-refractivity contribution in [2.24, 2.45) is 0 Å². The first-order valence-corrected chi connectivity index (χ1v) is 12.1. The van der Waals surface area contributed by atoms with Crippen molar-refractivity contribution in [1.29, 1.82) is 0 Å². The van der Waals surface area contributed by atoms with Crippen molar-refractivity contribution in [2.45, 2.75) is 98.0 Å². The first-order valence-electron chi connectivity index (χ1n) is 10.4. The van der Waals surface area contributed by atoms with Crippen LogP contribution >= 0.6 is 0 Å². The summed E-state index contributed by atoms with van der Waals surface area (Å²) in [7, 11) is -3.00. The molecule has 0 rings (SSSR count). The van der Waals surface area contributed by atoms with Crippen LogP contribution in [0.1, 0.15) is 91.9 Å². The lowest BCUT2D eigenvalue weighted by atomic mass is 10.1. The van der Waals surface area contributed by atoms with Gasteiger partial charge in [0.15, 0.2) is 0 Å². The molecule has 0 amide bonds. The van der Waals surface area contributed by atoms with Gasteiger partial charge in [-0.2, -0.15) is 0 Å². The number of aliphatic hydroxyl groups excluding tert-OH is 1. The van der Waals surface area contributed by atoms with E-state index in [1.54, 1.807) is 0 Å². The van der Waals surface area contributed by atoms with Crippen molar-refractivity contribution in [3.05, 3.63) is 11.8 Å². The molecule has 0 aromatic heterocycles. The van der Waals surface area contributed by atoms with Gasteiger partial charge in [0, 0.05) is 25.0 Å². The Hall–Kier alpha value is -0.203. The molecule has 25 heavy (non-hydrogen) atoms. The van der Waals surface area contributed by atoms with Crippen molar-refractivity contribution in [1.82, 2.24) is 0 Å². The van der Waals surface area contributed by atoms with Crippen LogP contribution in [0.5, 0.6) is 0 Å². The summed E-state index contributed by atoms with van der Waals surface area (Å²) in [6.07, 6.45) is 11.5. The molecule has 0 fully saturated rings. The maximum absolute atomic E-state index is 10.5. The van der Waals surface area contributed by atoms with Gasteiger partial charge in [-0.05, 0) is 27.2 Å². The lowest BCUT2D eigenvalue weighted by molar-refractivity contribution is 0.0703. The molecule has 0 aromatic rings. The van der Waals surface area contributed by atoms with Gasteiger partial charge in [-0.25, -0.2) is 0 Å². The Morgan fingerprint density at radius 2 is 1.16 bits per heavy atom. The standard InChI is InChI=1S/C20H42O4Si/c1-6-10-11-12-13-14-15-16-17-18-20(21)19(5)25(22-7-2,23-8-3)24-9-4/h20-21H,5-18H2,1-4H3. The molecule has 0 spiro atoms. The Labute approximate surface area is 157 Å². The summed E-state index contributed by atoms with van der Waals surface area (Å²) in [5.74, 6) is 0. The van der Waals surface area contributed by atoms with Crippen LogP contribution < -0.4 is 0 Å². The average Bonchev–Trinajstić information content (AvgIpc) is 2.60. The molecule has 0 saturated heterocycles. The van der Waals surface area contributed by atoms with Gasteiger partial charge in [-0.3, -0.25) is 0 Å². The highest BCUT2D eigenvalue weighted by molar-refractivity contribution is 6.69. The number of unbranched alkanes of at least 4 members (excludes halogenated alkanes) is 8. The molecule has 0 aliphatic rings. The first kappa shape index (κ1) is 24.8. The molecule has 150 valence electrons. The van der Waals surface area contributed by atoms with Crippen LogP contribution in [0.2, 0.25) is 0 Å². The lowest BCUT2D eigenvalue weighted by Gasteiger charge is -2.32. The third kappa shape index (κ3) is 10.5. The summed E-state index contributed by atoms with van der Waals surface area (Å²) < 4.78 is 17.5. The smallest absolute Gasteiger partial charge is 0.389 e. The second kappa shape index (κ2) is 16.0. The molecule has 0 saturated carbocycles. The molecule has 1 unspecified atom stereocenters. The first-order chi connectivity index (χ1) is 12.1. The van der Waals surface area contributed by atoms with E-state index in [0.717, 1.165) is 12.8 Å². The molecule has 0 heterocycles. The highest BCUT2D eigenvalue weighted by Gasteiger charge is 2.46. The summed E-state index contributed by atoms with van der Waals surface area (Å²) >= 11 is 0. The van der Waals surface area contributed by atoms with Crippen LogP contribution in [0.3, 0.4) is 0 Å². The minimum absolute atomic E-state index is 0.496. The lowest BCUT2D eigenvalue weighted by Crippen LogP contribution is -2.51. The van der Waals surface area contributed by atoms with E-state index in [-0.39, 0.29) is 0 Å². The molecule has 0 aliphatic carbocycles. The van der Waals surface area contributed by atoms with Gasteiger partial charge in [0.25, 0.3) is 0 Å². The number of hydrogen-bond acceptors (Lipinski definition) is 4. The Morgan fingerprint density at radius 3 is 1.56 bits per heavy atom. The molecule has 1 N–H and O–H groups in total. The summed E-state index contributed by atoms with van der Waals surface area (Å²) in [5.41, 5.74) is 0. The van der Waals surface area contributed by atoms with Crippen LogP contribution in [-0.4, -0.2) is 39.8 Å². The average molecular weight is 375 g/mol. The maximum Gasteiger partial charge on any atom is 0.535 e. The van der Waals surface area contributed by atoms with E-state index in [0.29, 0.717) is 31.4 Å². The third-order valence-corrected chi connectivity index (χ3v) is 7.51. The molecule has 0 bridgehead atoms. The largest absolute Gasteiger partial charge is 0.535 e. The SMILES string of the molecule is C=C(C(O)CCCCCCCCCCC)[Si](OCC)(OCC)OCC. The summed E-state index contributed by atoms with van der Waals surface area (Å²) in [4.78, 5) is 0. The zero-order valence-electron chi connectivity index (χ0n) is 17.1. The Kier molecular flexibility index (Phi) is 15.9. The minimum Gasteiger partial charge on any atom is -0.389 e. The fraction of sp³-hybridized carbons (Fsp3) is 0.900. The Bertz CT molecular complexity index is 306. The fourth-order valence-corrected chi connectivity index (χ4v) is 5.50. The van der Waals surface area contributed by atoms with Crippen LogP contribution in [0.4, 0.5) is 0 Å². The van der Waals surface area contributed by atoms with Gasteiger partial charge < -0.3 is 18.4 Å². The van der Waals surface area contributed by atoms with Crippen molar-refractivity contribution in [2.75, 3.05) is 19.8 Å². The number of rotatable bonds is 18. The number of aliphatic hydroxyl groups is 1. The highest BCUT2D eigenvalue weighted by Crippen LogP contribution is 2.24. The van der Waals surface area contributed by atoms with Crippen LogP contribution in [0.15, 0.2) is 11.8 Å². The van der Waals surface area contributed by atoms with E-state index in [1.807, 2.05) is 20.8 Å². The molecule has 5 heteroatoms. The quantitative estimate of drug-likeness (QED) is 0.257. The van der Waals surface area contributed by atoms with E-state index in [9.17, 15) is 5.11 Å². The zero-order valence-corrected chi connectivity index (χ0v) is 18.1. The highest BCUT2D eigenvalue weighted by atomic mass is 28.4. The van der Waals surface area contributed by atoms with Gasteiger partial charge in [-0.1, -0.05) is 71.3 Å². The second-order valence-corrected chi connectivity index (χ2v) is 9.13. The molecule has 0 aromatic carbocycles. The summed E-state index contributed by atoms with van der Waals surface area (Å²) in [6.45, 7) is 13.6. The minimum atomic E-state index is -3.00. The Morgan fingerprint density at radius 1 is 0.760 bits per heavy atom. The van der Waals surface area contributed by atoms with E-state index >= 15 is 0 Å². The molecule has 4 nitrogen and oxygen atoms in total. The predicted molar refractivity (Wildman–Crippen MR) is 108 cm³/mol. The summed E-state index contributed by atoms with van der Waals surface area (Å²) in [6, 6.07) is 0. The molecule has 1 atom stereocenters. The van der Waals surface area contributed by atoms with Gasteiger partial charge in [0.2, 0.25) is 0 Å². The van der Waals surface area contributed by atoms with Gasteiger partial charge >= 0.3 is 8.80 Å². The van der Waals surface area contributed by atoms with Crippen LogP contribution in [-0.2, 0) is 13.3 Å². The van der Waals surface area contributed by atoms with E-state index in [1.165, 1.54) is 44.9 Å².